The average Bonchev–Trinajstić information content (AvgIpc) is 3.28. The summed E-state index contributed by atoms with van der Waals surface area (Å²) in [4.78, 5) is 14.9. The molecule has 0 radical (unpaired) electrons. The standard InChI is InChI=1S/C22H33N3OS/c1-3-4-6-9-19-21(18-10-15-27-16-18)20(22(23)26)17(2)25(19)14-13-24-11-7-5-8-12-24/h10,15-16H,3-9,11-14H2,1-2H3,(H2,23,26). The number of thiophene rings is 1. The number of piperidine rings is 1. The van der Waals surface area contributed by atoms with Gasteiger partial charge in [-0.15, -0.1) is 0 Å². The van der Waals surface area contributed by atoms with Crippen LogP contribution >= 0.6 is 11.3 Å². The molecule has 1 aliphatic rings. The summed E-state index contributed by atoms with van der Waals surface area (Å²) in [5.41, 5.74) is 11.1. The van der Waals surface area contributed by atoms with E-state index in [2.05, 4.69) is 40.1 Å². The lowest BCUT2D eigenvalue weighted by Gasteiger charge is -2.27. The topological polar surface area (TPSA) is 51.3 Å². The average molecular weight is 388 g/mol. The fourth-order valence-electron chi connectivity index (χ4n) is 4.35. The van der Waals surface area contributed by atoms with Gasteiger partial charge in [0, 0.05) is 30.0 Å². The monoisotopic (exact) mass is 387 g/mol. The highest BCUT2D eigenvalue weighted by Crippen LogP contribution is 2.35. The Bertz CT molecular complexity index is 742. The molecule has 0 aromatic carbocycles. The molecular formula is C22H33N3OS. The molecule has 3 heterocycles. The zero-order chi connectivity index (χ0) is 19.2. The number of nitrogens with two attached hydrogens (primary N) is 1. The van der Waals surface area contributed by atoms with Crippen LogP contribution in [0.25, 0.3) is 11.1 Å². The smallest absolute Gasteiger partial charge is 0.251 e. The van der Waals surface area contributed by atoms with Gasteiger partial charge in [0.2, 0.25) is 0 Å². The van der Waals surface area contributed by atoms with Crippen LogP contribution in [-0.4, -0.2) is 35.0 Å². The highest BCUT2D eigenvalue weighted by atomic mass is 32.1. The van der Waals surface area contributed by atoms with Gasteiger partial charge in [0.25, 0.3) is 5.91 Å². The van der Waals surface area contributed by atoms with E-state index in [9.17, 15) is 4.79 Å². The van der Waals surface area contributed by atoms with E-state index in [4.69, 9.17) is 5.73 Å². The van der Waals surface area contributed by atoms with Crippen molar-refractivity contribution in [3.05, 3.63) is 33.8 Å². The molecule has 0 atom stereocenters. The van der Waals surface area contributed by atoms with Crippen molar-refractivity contribution in [1.82, 2.24) is 9.47 Å². The second-order valence-electron chi connectivity index (χ2n) is 7.67. The lowest BCUT2D eigenvalue weighted by atomic mass is 9.99. The van der Waals surface area contributed by atoms with Crippen LogP contribution in [0.5, 0.6) is 0 Å². The number of carbonyl (C=O) groups excluding carboxylic acids is 1. The minimum Gasteiger partial charge on any atom is -0.366 e. The molecular weight excluding hydrogens is 354 g/mol. The second-order valence-corrected chi connectivity index (χ2v) is 8.45. The Morgan fingerprint density at radius 3 is 2.59 bits per heavy atom. The predicted octanol–water partition coefficient (Wildman–Crippen LogP) is 4.84. The van der Waals surface area contributed by atoms with Gasteiger partial charge in [-0.05, 0) is 68.1 Å². The number of hydrogen-bond donors (Lipinski definition) is 1. The number of primary amides is 1. The van der Waals surface area contributed by atoms with E-state index in [0.717, 1.165) is 48.3 Å². The predicted molar refractivity (Wildman–Crippen MR) is 115 cm³/mol. The van der Waals surface area contributed by atoms with Gasteiger partial charge in [-0.1, -0.05) is 26.2 Å². The van der Waals surface area contributed by atoms with Gasteiger partial charge in [-0.3, -0.25) is 4.79 Å². The van der Waals surface area contributed by atoms with Crippen molar-refractivity contribution in [3.8, 4) is 11.1 Å². The van der Waals surface area contributed by atoms with Gasteiger partial charge in [0.15, 0.2) is 0 Å². The molecule has 0 unspecified atom stereocenters. The van der Waals surface area contributed by atoms with E-state index >= 15 is 0 Å². The third-order valence-corrected chi connectivity index (χ3v) is 6.48. The van der Waals surface area contributed by atoms with Crippen LogP contribution in [0.3, 0.4) is 0 Å². The SMILES string of the molecule is CCCCCc1c(-c2ccsc2)c(C(N)=O)c(C)n1CCN1CCCCC1. The Kier molecular flexibility index (Phi) is 7.13. The summed E-state index contributed by atoms with van der Waals surface area (Å²) in [6.45, 7) is 8.69. The maximum Gasteiger partial charge on any atom is 0.251 e. The van der Waals surface area contributed by atoms with Gasteiger partial charge >= 0.3 is 0 Å². The Morgan fingerprint density at radius 1 is 1.19 bits per heavy atom. The molecule has 5 heteroatoms. The molecule has 0 spiro atoms. The van der Waals surface area contributed by atoms with Gasteiger partial charge in [-0.25, -0.2) is 0 Å². The van der Waals surface area contributed by atoms with E-state index in [1.54, 1.807) is 11.3 Å². The molecule has 0 bridgehead atoms. The first kappa shape index (κ1) is 20.2. The van der Waals surface area contributed by atoms with Gasteiger partial charge < -0.3 is 15.2 Å². The van der Waals surface area contributed by atoms with Crippen LogP contribution < -0.4 is 5.73 Å². The molecule has 1 saturated heterocycles. The number of carbonyl (C=O) groups is 1. The van der Waals surface area contributed by atoms with Crippen molar-refractivity contribution in [2.75, 3.05) is 19.6 Å². The van der Waals surface area contributed by atoms with E-state index in [1.807, 2.05) is 0 Å². The number of unbranched alkanes of at least 4 members (excludes halogenated alkanes) is 2. The highest BCUT2D eigenvalue weighted by molar-refractivity contribution is 7.08. The summed E-state index contributed by atoms with van der Waals surface area (Å²) < 4.78 is 2.39. The van der Waals surface area contributed by atoms with Crippen molar-refractivity contribution in [1.29, 1.82) is 0 Å². The Balaban J connectivity index is 1.96. The molecule has 2 aromatic rings. The number of likely N-dealkylation sites (tertiary alicyclic amines) is 1. The van der Waals surface area contributed by atoms with Crippen LogP contribution in [0, 0.1) is 6.92 Å². The molecule has 1 amide bonds. The molecule has 1 fully saturated rings. The first-order chi connectivity index (χ1) is 13.1. The Labute approximate surface area is 167 Å². The number of amides is 1. The number of aromatic nitrogens is 1. The van der Waals surface area contributed by atoms with Crippen molar-refractivity contribution >= 4 is 17.2 Å². The third-order valence-electron chi connectivity index (χ3n) is 5.79. The number of rotatable bonds is 9. The van der Waals surface area contributed by atoms with Crippen molar-refractivity contribution in [2.24, 2.45) is 5.73 Å². The van der Waals surface area contributed by atoms with Crippen LogP contribution in [0.15, 0.2) is 16.8 Å². The number of hydrogen-bond acceptors (Lipinski definition) is 3. The quantitative estimate of drug-likeness (QED) is 0.626. The summed E-state index contributed by atoms with van der Waals surface area (Å²) in [5.74, 6) is -0.304. The van der Waals surface area contributed by atoms with Crippen LogP contribution in [0.2, 0.25) is 0 Å². The molecule has 0 saturated carbocycles. The molecule has 2 N–H and O–H groups in total. The highest BCUT2D eigenvalue weighted by Gasteiger charge is 2.25. The van der Waals surface area contributed by atoms with E-state index < -0.39 is 0 Å². The lowest BCUT2D eigenvalue weighted by Crippen LogP contribution is -2.33. The molecule has 2 aromatic heterocycles. The molecule has 148 valence electrons. The maximum atomic E-state index is 12.3. The van der Waals surface area contributed by atoms with Gasteiger partial charge in [0.05, 0.1) is 5.56 Å². The molecule has 3 rings (SSSR count). The second kappa shape index (κ2) is 9.56. The summed E-state index contributed by atoms with van der Waals surface area (Å²) >= 11 is 1.67. The minimum atomic E-state index is -0.304. The first-order valence-corrected chi connectivity index (χ1v) is 11.3. The van der Waals surface area contributed by atoms with Gasteiger partial charge in [-0.2, -0.15) is 11.3 Å². The van der Waals surface area contributed by atoms with Gasteiger partial charge in [0.1, 0.15) is 0 Å². The van der Waals surface area contributed by atoms with Crippen molar-refractivity contribution in [3.63, 3.8) is 0 Å². The fraction of sp³-hybridized carbons (Fsp3) is 0.591. The number of nitrogens with zero attached hydrogens (tertiary/aromatic N) is 2. The zero-order valence-corrected chi connectivity index (χ0v) is 17.6. The van der Waals surface area contributed by atoms with E-state index in [-0.39, 0.29) is 5.91 Å². The van der Waals surface area contributed by atoms with E-state index in [0.29, 0.717) is 0 Å². The summed E-state index contributed by atoms with van der Waals surface area (Å²) in [5, 5.41) is 4.22. The summed E-state index contributed by atoms with van der Waals surface area (Å²) in [7, 11) is 0. The van der Waals surface area contributed by atoms with Crippen LogP contribution in [0.4, 0.5) is 0 Å². The molecule has 0 aliphatic carbocycles. The third kappa shape index (κ3) is 4.64. The minimum absolute atomic E-state index is 0.304. The molecule has 27 heavy (non-hydrogen) atoms. The van der Waals surface area contributed by atoms with E-state index in [1.165, 1.54) is 50.9 Å². The molecule has 4 nitrogen and oxygen atoms in total. The Hall–Kier alpha value is -1.59. The first-order valence-electron chi connectivity index (χ1n) is 10.4. The molecule has 1 aliphatic heterocycles. The van der Waals surface area contributed by atoms with Crippen molar-refractivity contribution in [2.45, 2.75) is 65.3 Å². The summed E-state index contributed by atoms with van der Waals surface area (Å²) in [6, 6.07) is 2.12. The normalized spacial score (nSPS) is 15.3. The maximum absolute atomic E-state index is 12.3. The largest absolute Gasteiger partial charge is 0.366 e. The van der Waals surface area contributed by atoms with Crippen molar-refractivity contribution < 1.29 is 4.79 Å². The van der Waals surface area contributed by atoms with Crippen LogP contribution in [-0.2, 0) is 13.0 Å². The lowest BCUT2D eigenvalue weighted by molar-refractivity contribution is 0.1000. The zero-order valence-electron chi connectivity index (χ0n) is 16.8. The Morgan fingerprint density at radius 2 is 1.96 bits per heavy atom. The summed E-state index contributed by atoms with van der Waals surface area (Å²) in [6.07, 6.45) is 8.54. The van der Waals surface area contributed by atoms with Crippen LogP contribution in [0.1, 0.15) is 67.2 Å². The fourth-order valence-corrected chi connectivity index (χ4v) is 4.99.